The van der Waals surface area contributed by atoms with Crippen LogP contribution >= 0.6 is 0 Å². The summed E-state index contributed by atoms with van der Waals surface area (Å²) in [6.45, 7) is 0. The highest BCUT2D eigenvalue weighted by Gasteiger charge is 2.11. The van der Waals surface area contributed by atoms with E-state index in [9.17, 15) is 4.79 Å². The monoisotopic (exact) mass is 304 g/mol. The molecule has 4 rings (SSSR count). The highest BCUT2D eigenvalue weighted by atomic mass is 16.3. The molecule has 0 aliphatic rings. The second-order valence-corrected chi connectivity index (χ2v) is 4.96. The van der Waals surface area contributed by atoms with Gasteiger partial charge in [-0.2, -0.15) is 0 Å². The predicted octanol–water partition coefficient (Wildman–Crippen LogP) is 3.24. The molecule has 0 atom stereocenters. The molecule has 6 heteroatoms. The number of fused-ring (bicyclic) bond motifs is 1. The number of anilines is 1. The lowest BCUT2D eigenvalue weighted by Crippen LogP contribution is -2.10. The summed E-state index contributed by atoms with van der Waals surface area (Å²) in [5.74, 6) is 0.691. The fourth-order valence-electron chi connectivity index (χ4n) is 2.37. The Balaban J connectivity index is 1.67. The van der Waals surface area contributed by atoms with Crippen LogP contribution in [0, 0.1) is 0 Å². The Morgan fingerprint density at radius 3 is 2.87 bits per heavy atom. The Morgan fingerprint density at radius 1 is 1.04 bits per heavy atom. The Kier molecular flexibility index (Phi) is 3.12. The molecule has 0 fully saturated rings. The molecule has 0 aliphatic carbocycles. The van der Waals surface area contributed by atoms with Gasteiger partial charge in [0.05, 0.1) is 6.26 Å². The van der Waals surface area contributed by atoms with E-state index in [1.54, 1.807) is 12.1 Å². The zero-order valence-corrected chi connectivity index (χ0v) is 12.0. The first kappa shape index (κ1) is 13.3. The summed E-state index contributed by atoms with van der Waals surface area (Å²) in [5, 5.41) is 11.2. The molecular formula is C17H12N4O2. The van der Waals surface area contributed by atoms with Gasteiger partial charge in [0, 0.05) is 17.4 Å². The Bertz CT molecular complexity index is 973. The quantitative estimate of drug-likeness (QED) is 0.630. The summed E-state index contributed by atoms with van der Waals surface area (Å²) < 4.78 is 6.99. The fraction of sp³-hybridized carbons (Fsp3) is 0. The van der Waals surface area contributed by atoms with Crippen LogP contribution in [0.1, 0.15) is 10.6 Å². The molecule has 0 saturated heterocycles. The number of carbonyl (C=O) groups excluding carboxylic acids is 1. The summed E-state index contributed by atoms with van der Waals surface area (Å²) in [4.78, 5) is 12.0. The minimum absolute atomic E-state index is 0.267. The van der Waals surface area contributed by atoms with Crippen LogP contribution in [0.2, 0.25) is 0 Å². The van der Waals surface area contributed by atoms with Crippen molar-refractivity contribution >= 4 is 17.2 Å². The van der Waals surface area contributed by atoms with Gasteiger partial charge < -0.3 is 9.73 Å². The first-order chi connectivity index (χ1) is 11.3. The summed E-state index contributed by atoms with van der Waals surface area (Å²) in [7, 11) is 0. The zero-order valence-electron chi connectivity index (χ0n) is 12.0. The van der Waals surface area contributed by atoms with Crippen LogP contribution in [-0.4, -0.2) is 20.5 Å². The number of aromatic nitrogens is 3. The zero-order chi connectivity index (χ0) is 15.6. The summed E-state index contributed by atoms with van der Waals surface area (Å²) >= 11 is 0. The third-order valence-corrected chi connectivity index (χ3v) is 3.44. The lowest BCUT2D eigenvalue weighted by molar-refractivity contribution is 0.0996. The van der Waals surface area contributed by atoms with Crippen molar-refractivity contribution in [2.24, 2.45) is 0 Å². The Labute approximate surface area is 131 Å². The van der Waals surface area contributed by atoms with Crippen molar-refractivity contribution in [1.82, 2.24) is 14.6 Å². The molecule has 0 spiro atoms. The number of benzene rings is 1. The van der Waals surface area contributed by atoms with Gasteiger partial charge in [-0.1, -0.05) is 18.2 Å². The third kappa shape index (κ3) is 2.46. The van der Waals surface area contributed by atoms with Crippen LogP contribution in [0.25, 0.3) is 17.0 Å². The molecule has 1 N–H and O–H groups in total. The maximum atomic E-state index is 12.0. The number of amides is 1. The van der Waals surface area contributed by atoms with Crippen molar-refractivity contribution in [2.75, 3.05) is 5.32 Å². The first-order valence-electron chi connectivity index (χ1n) is 7.06. The van der Waals surface area contributed by atoms with Crippen molar-refractivity contribution < 1.29 is 9.21 Å². The van der Waals surface area contributed by atoms with E-state index in [0.717, 1.165) is 17.0 Å². The topological polar surface area (TPSA) is 72.4 Å². The van der Waals surface area contributed by atoms with Crippen LogP contribution < -0.4 is 5.32 Å². The molecule has 0 aliphatic heterocycles. The lowest BCUT2D eigenvalue weighted by Gasteiger charge is -2.05. The van der Waals surface area contributed by atoms with Crippen molar-refractivity contribution in [1.29, 1.82) is 0 Å². The minimum atomic E-state index is -0.293. The molecule has 0 saturated carbocycles. The van der Waals surface area contributed by atoms with Gasteiger partial charge >= 0.3 is 0 Å². The van der Waals surface area contributed by atoms with Gasteiger partial charge in [0.1, 0.15) is 0 Å². The molecule has 0 unspecified atom stereocenters. The van der Waals surface area contributed by atoms with Crippen molar-refractivity contribution in [3.63, 3.8) is 0 Å². The number of hydrogen-bond acceptors (Lipinski definition) is 4. The normalized spacial score (nSPS) is 10.8. The van der Waals surface area contributed by atoms with Gasteiger partial charge in [-0.3, -0.25) is 9.20 Å². The molecule has 3 aromatic heterocycles. The van der Waals surface area contributed by atoms with Gasteiger partial charge in [-0.15, -0.1) is 10.2 Å². The molecule has 0 radical (unpaired) electrons. The number of nitrogens with zero attached hydrogens (tertiary/aromatic N) is 3. The Hall–Kier alpha value is -3.41. The van der Waals surface area contributed by atoms with Crippen LogP contribution in [0.15, 0.2) is 71.5 Å². The Morgan fingerprint density at radius 2 is 2.00 bits per heavy atom. The van der Waals surface area contributed by atoms with Gasteiger partial charge in [-0.25, -0.2) is 0 Å². The molecule has 1 aromatic carbocycles. The maximum Gasteiger partial charge on any atom is 0.291 e. The van der Waals surface area contributed by atoms with Gasteiger partial charge in [0.25, 0.3) is 5.91 Å². The molecule has 23 heavy (non-hydrogen) atoms. The maximum absolute atomic E-state index is 12.0. The molecule has 4 aromatic rings. The first-order valence-corrected chi connectivity index (χ1v) is 7.06. The van der Waals surface area contributed by atoms with Gasteiger partial charge in [0.2, 0.25) is 0 Å². The van der Waals surface area contributed by atoms with E-state index < -0.39 is 0 Å². The number of rotatable bonds is 3. The number of carbonyl (C=O) groups is 1. The standard InChI is InChI=1S/C17H12N4O2/c22-17(14-7-4-10-23-14)18-13-6-3-5-12(11-13)16-20-19-15-8-1-2-9-21(15)16/h1-11H,(H,18,22). The predicted molar refractivity (Wildman–Crippen MR) is 85.1 cm³/mol. The smallest absolute Gasteiger partial charge is 0.291 e. The van der Waals surface area contributed by atoms with Gasteiger partial charge in [-0.05, 0) is 36.4 Å². The number of furan rings is 1. The van der Waals surface area contributed by atoms with E-state index in [2.05, 4.69) is 15.5 Å². The number of nitrogens with one attached hydrogen (secondary N) is 1. The largest absolute Gasteiger partial charge is 0.459 e. The highest BCUT2D eigenvalue weighted by molar-refractivity contribution is 6.02. The fourth-order valence-corrected chi connectivity index (χ4v) is 2.37. The van der Waals surface area contributed by atoms with Crippen LogP contribution in [0.5, 0.6) is 0 Å². The summed E-state index contributed by atoms with van der Waals surface area (Å²) in [6, 6.07) is 16.5. The summed E-state index contributed by atoms with van der Waals surface area (Å²) in [5.41, 5.74) is 2.30. The molecule has 6 nitrogen and oxygen atoms in total. The van der Waals surface area contributed by atoms with Crippen LogP contribution in [0.4, 0.5) is 5.69 Å². The van der Waals surface area contributed by atoms with E-state index in [1.807, 2.05) is 53.1 Å². The molecule has 3 heterocycles. The van der Waals surface area contributed by atoms with Gasteiger partial charge in [0.15, 0.2) is 17.2 Å². The molecular weight excluding hydrogens is 292 g/mol. The second kappa shape index (κ2) is 5.42. The number of hydrogen-bond donors (Lipinski definition) is 1. The van der Waals surface area contributed by atoms with Crippen molar-refractivity contribution in [3.05, 3.63) is 72.8 Å². The van der Waals surface area contributed by atoms with E-state index in [1.165, 1.54) is 6.26 Å². The average Bonchev–Trinajstić information content (AvgIpc) is 3.25. The van der Waals surface area contributed by atoms with E-state index in [-0.39, 0.29) is 11.7 Å². The van der Waals surface area contributed by atoms with Crippen molar-refractivity contribution in [2.45, 2.75) is 0 Å². The molecule has 1 amide bonds. The van der Waals surface area contributed by atoms with E-state index in [0.29, 0.717) is 5.69 Å². The lowest BCUT2D eigenvalue weighted by atomic mass is 10.2. The van der Waals surface area contributed by atoms with Crippen LogP contribution in [-0.2, 0) is 0 Å². The molecule has 0 bridgehead atoms. The summed E-state index contributed by atoms with van der Waals surface area (Å²) in [6.07, 6.45) is 3.37. The minimum Gasteiger partial charge on any atom is -0.459 e. The van der Waals surface area contributed by atoms with E-state index >= 15 is 0 Å². The SMILES string of the molecule is O=C(Nc1cccc(-c2nnc3ccccn23)c1)c1ccco1. The third-order valence-electron chi connectivity index (χ3n) is 3.44. The van der Waals surface area contributed by atoms with Crippen molar-refractivity contribution in [3.8, 4) is 11.4 Å². The molecule has 112 valence electrons. The van der Waals surface area contributed by atoms with E-state index in [4.69, 9.17) is 4.42 Å². The number of pyridine rings is 1. The highest BCUT2D eigenvalue weighted by Crippen LogP contribution is 2.22. The second-order valence-electron chi connectivity index (χ2n) is 4.96. The average molecular weight is 304 g/mol. The van der Waals surface area contributed by atoms with Crippen LogP contribution in [0.3, 0.4) is 0 Å².